The Hall–Kier alpha value is -2.33. The van der Waals surface area contributed by atoms with Crippen LogP contribution in [0.2, 0.25) is 0 Å². The molecule has 0 aliphatic carbocycles. The lowest BCUT2D eigenvalue weighted by Crippen LogP contribution is -2.16. The van der Waals surface area contributed by atoms with E-state index >= 15 is 0 Å². The highest BCUT2D eigenvalue weighted by Crippen LogP contribution is 2.23. The molecule has 0 bridgehead atoms. The minimum atomic E-state index is -0.364. The van der Waals surface area contributed by atoms with Gasteiger partial charge in [0.2, 0.25) is 0 Å². The van der Waals surface area contributed by atoms with E-state index in [1.54, 1.807) is 12.1 Å². The molecule has 0 amide bonds. The molecule has 0 N–H and O–H groups in total. The van der Waals surface area contributed by atoms with Crippen LogP contribution in [0.25, 0.3) is 0 Å². The van der Waals surface area contributed by atoms with Gasteiger partial charge in [0.15, 0.2) is 0 Å². The van der Waals surface area contributed by atoms with Crippen molar-refractivity contribution in [2.75, 3.05) is 6.61 Å². The summed E-state index contributed by atoms with van der Waals surface area (Å²) in [6, 6.07) is 14.9. The van der Waals surface area contributed by atoms with Crippen molar-refractivity contribution in [3.05, 3.63) is 59.7 Å². The molecular weight excluding hydrogens is 460 g/mol. The van der Waals surface area contributed by atoms with Crippen LogP contribution < -0.4 is 9.47 Å². The molecule has 2 aromatic rings. The van der Waals surface area contributed by atoms with Gasteiger partial charge in [-0.2, -0.15) is 0 Å². The summed E-state index contributed by atoms with van der Waals surface area (Å²) in [6.45, 7) is 9.31. The zero-order chi connectivity index (χ0) is 26.7. The number of rotatable bonds is 20. The van der Waals surface area contributed by atoms with Crippen LogP contribution in [0.4, 0.5) is 0 Å². The first-order valence-electron chi connectivity index (χ1n) is 14.8. The fraction of sp³-hybridized carbons (Fsp3) is 0.606. The number of carbonyl (C=O) groups excluding carboxylic acids is 1. The topological polar surface area (TPSA) is 44.8 Å². The van der Waals surface area contributed by atoms with Gasteiger partial charge in [-0.05, 0) is 74.6 Å². The predicted octanol–water partition coefficient (Wildman–Crippen LogP) is 9.86. The average molecular weight is 511 g/mol. The fourth-order valence-corrected chi connectivity index (χ4v) is 4.49. The summed E-state index contributed by atoms with van der Waals surface area (Å²) in [7, 11) is 0. The Labute approximate surface area is 226 Å². The Balaban J connectivity index is 1.76. The summed E-state index contributed by atoms with van der Waals surface area (Å²) in [5.41, 5.74) is 1.58. The van der Waals surface area contributed by atoms with Crippen LogP contribution in [-0.4, -0.2) is 18.7 Å². The second-order valence-electron chi connectivity index (χ2n) is 10.1. The van der Waals surface area contributed by atoms with Crippen molar-refractivity contribution >= 4 is 5.97 Å². The first-order valence-corrected chi connectivity index (χ1v) is 14.8. The molecule has 4 heteroatoms. The molecule has 0 aliphatic rings. The fourth-order valence-electron chi connectivity index (χ4n) is 4.49. The van der Waals surface area contributed by atoms with Crippen LogP contribution in [0.1, 0.15) is 133 Å². The van der Waals surface area contributed by atoms with Crippen molar-refractivity contribution in [1.82, 2.24) is 0 Å². The van der Waals surface area contributed by atoms with Gasteiger partial charge in [-0.3, -0.25) is 0 Å². The van der Waals surface area contributed by atoms with Gasteiger partial charge in [-0.1, -0.05) is 90.7 Å². The van der Waals surface area contributed by atoms with Gasteiger partial charge in [0.25, 0.3) is 0 Å². The van der Waals surface area contributed by atoms with Crippen LogP contribution in [0.15, 0.2) is 48.5 Å². The van der Waals surface area contributed by atoms with E-state index in [-0.39, 0.29) is 18.2 Å². The van der Waals surface area contributed by atoms with E-state index in [1.165, 1.54) is 57.8 Å². The minimum Gasteiger partial charge on any atom is -0.490 e. The SMILES string of the molecule is CCCCCCCCCCCC(CCC)Oc1ccc(OC(=O)c2ccc(C(C)OCCC)cc2)cc1. The third-order valence-electron chi connectivity index (χ3n) is 6.77. The van der Waals surface area contributed by atoms with E-state index in [1.807, 2.05) is 43.3 Å². The second-order valence-corrected chi connectivity index (χ2v) is 10.1. The highest BCUT2D eigenvalue weighted by atomic mass is 16.5. The van der Waals surface area contributed by atoms with Crippen molar-refractivity contribution in [2.24, 2.45) is 0 Å². The average Bonchev–Trinajstić information content (AvgIpc) is 2.92. The quantitative estimate of drug-likeness (QED) is 0.101. The van der Waals surface area contributed by atoms with Crippen molar-refractivity contribution in [1.29, 1.82) is 0 Å². The van der Waals surface area contributed by atoms with Crippen molar-refractivity contribution in [3.8, 4) is 11.5 Å². The van der Waals surface area contributed by atoms with Gasteiger partial charge in [-0.15, -0.1) is 0 Å². The largest absolute Gasteiger partial charge is 0.490 e. The van der Waals surface area contributed by atoms with E-state index < -0.39 is 0 Å². The van der Waals surface area contributed by atoms with Crippen molar-refractivity contribution < 1.29 is 19.0 Å². The molecule has 0 saturated carbocycles. The first-order chi connectivity index (χ1) is 18.1. The van der Waals surface area contributed by atoms with E-state index in [0.29, 0.717) is 11.3 Å². The molecule has 2 unspecified atom stereocenters. The Morgan fingerprint density at radius 3 is 1.86 bits per heavy atom. The van der Waals surface area contributed by atoms with Gasteiger partial charge < -0.3 is 14.2 Å². The highest BCUT2D eigenvalue weighted by molar-refractivity contribution is 5.91. The number of benzene rings is 2. The zero-order valence-corrected chi connectivity index (χ0v) is 23.8. The third-order valence-corrected chi connectivity index (χ3v) is 6.77. The summed E-state index contributed by atoms with van der Waals surface area (Å²) >= 11 is 0. The van der Waals surface area contributed by atoms with Crippen LogP contribution in [0.3, 0.4) is 0 Å². The molecule has 206 valence electrons. The van der Waals surface area contributed by atoms with Crippen molar-refractivity contribution in [3.63, 3.8) is 0 Å². The van der Waals surface area contributed by atoms with Crippen LogP contribution in [0.5, 0.6) is 11.5 Å². The third kappa shape index (κ3) is 12.6. The van der Waals surface area contributed by atoms with E-state index in [9.17, 15) is 4.79 Å². The molecule has 0 aromatic heterocycles. The van der Waals surface area contributed by atoms with Crippen LogP contribution in [0, 0.1) is 0 Å². The Morgan fingerprint density at radius 2 is 1.27 bits per heavy atom. The minimum absolute atomic E-state index is 0.00872. The van der Waals surface area contributed by atoms with Gasteiger partial charge in [0.1, 0.15) is 11.5 Å². The summed E-state index contributed by atoms with van der Waals surface area (Å²) in [4.78, 5) is 12.6. The number of hydrogen-bond acceptors (Lipinski definition) is 4. The van der Waals surface area contributed by atoms with Crippen LogP contribution >= 0.6 is 0 Å². The van der Waals surface area contributed by atoms with E-state index in [4.69, 9.17) is 14.2 Å². The smallest absolute Gasteiger partial charge is 0.343 e. The molecule has 2 rings (SSSR count). The van der Waals surface area contributed by atoms with Crippen LogP contribution in [-0.2, 0) is 4.74 Å². The Morgan fingerprint density at radius 1 is 0.676 bits per heavy atom. The van der Waals surface area contributed by atoms with Crippen molar-refractivity contribution in [2.45, 2.75) is 123 Å². The summed E-state index contributed by atoms with van der Waals surface area (Å²) in [5.74, 6) is 0.989. The van der Waals surface area contributed by atoms with Gasteiger partial charge >= 0.3 is 5.97 Å². The molecule has 0 radical (unpaired) electrons. The highest BCUT2D eigenvalue weighted by Gasteiger charge is 2.13. The monoisotopic (exact) mass is 510 g/mol. The first kappa shape index (κ1) is 30.9. The van der Waals surface area contributed by atoms with Gasteiger partial charge in [0.05, 0.1) is 17.8 Å². The number of hydrogen-bond donors (Lipinski definition) is 0. The second kappa shape index (κ2) is 18.8. The normalized spacial score (nSPS) is 12.8. The standard InChI is InChI=1S/C33H50O4/c1-5-8-9-10-11-12-13-14-15-17-30(16-6-2)36-31-22-24-32(25-23-31)37-33(34)29-20-18-28(19-21-29)27(4)35-26-7-3/h18-25,27,30H,5-17,26H2,1-4H3. The maximum atomic E-state index is 12.6. The van der Waals surface area contributed by atoms with E-state index in [0.717, 1.165) is 43.6 Å². The number of ether oxygens (including phenoxy) is 3. The molecule has 2 atom stereocenters. The molecule has 37 heavy (non-hydrogen) atoms. The summed E-state index contributed by atoms with van der Waals surface area (Å²) in [5, 5.41) is 0. The molecule has 2 aromatic carbocycles. The number of unbranched alkanes of at least 4 members (excludes halogenated alkanes) is 8. The molecule has 0 heterocycles. The van der Waals surface area contributed by atoms with Gasteiger partial charge in [0, 0.05) is 6.61 Å². The summed E-state index contributed by atoms with van der Waals surface area (Å²) < 4.78 is 17.6. The maximum Gasteiger partial charge on any atom is 0.343 e. The lowest BCUT2D eigenvalue weighted by molar-refractivity contribution is 0.0660. The molecule has 0 fully saturated rings. The molecule has 0 aliphatic heterocycles. The lowest BCUT2D eigenvalue weighted by Gasteiger charge is -2.19. The Bertz CT molecular complexity index is 844. The molecular formula is C33H50O4. The van der Waals surface area contributed by atoms with Gasteiger partial charge in [-0.25, -0.2) is 4.79 Å². The Kier molecular flexibility index (Phi) is 15.7. The molecule has 0 spiro atoms. The summed E-state index contributed by atoms with van der Waals surface area (Å²) in [6.07, 6.45) is 16.6. The molecule has 0 saturated heterocycles. The lowest BCUT2D eigenvalue weighted by atomic mass is 10.0. The predicted molar refractivity (Wildman–Crippen MR) is 154 cm³/mol. The maximum absolute atomic E-state index is 12.6. The molecule has 4 nitrogen and oxygen atoms in total. The van der Waals surface area contributed by atoms with E-state index in [2.05, 4.69) is 20.8 Å². The zero-order valence-electron chi connectivity index (χ0n) is 23.8. The number of esters is 1. The number of carbonyl (C=O) groups is 1.